The van der Waals surface area contributed by atoms with E-state index in [9.17, 15) is 19.2 Å². The molecule has 25 heavy (non-hydrogen) atoms. The van der Waals surface area contributed by atoms with Crippen LogP contribution < -0.4 is 16.4 Å². The van der Waals surface area contributed by atoms with Crippen molar-refractivity contribution >= 4 is 23.8 Å². The van der Waals surface area contributed by atoms with Crippen LogP contribution in [0, 0.1) is 11.8 Å². The maximum atomic E-state index is 12.9. The lowest BCUT2D eigenvalue weighted by Crippen LogP contribution is -2.58. The molecule has 0 aromatic rings. The summed E-state index contributed by atoms with van der Waals surface area (Å²) in [6.45, 7) is 7.52. The summed E-state index contributed by atoms with van der Waals surface area (Å²) in [5.74, 6) is -1.84. The van der Waals surface area contributed by atoms with E-state index in [1.807, 2.05) is 13.8 Å². The van der Waals surface area contributed by atoms with E-state index in [0.29, 0.717) is 19.4 Å². The molecule has 0 radical (unpaired) electrons. The SMILES string of the molecule is CC(C)C(N)C(=O)NC(C(=O)N1CCCC1C(=O)NC(=O)O)C(C)C. The van der Waals surface area contributed by atoms with E-state index in [1.54, 1.807) is 19.2 Å². The van der Waals surface area contributed by atoms with Gasteiger partial charge < -0.3 is 21.1 Å². The summed E-state index contributed by atoms with van der Waals surface area (Å²) >= 11 is 0. The third-order valence-electron chi connectivity index (χ3n) is 4.32. The smallest absolute Gasteiger partial charge is 0.411 e. The van der Waals surface area contributed by atoms with Gasteiger partial charge in [0.15, 0.2) is 0 Å². The molecule has 4 amide bonds. The first-order chi connectivity index (χ1) is 11.6. The van der Waals surface area contributed by atoms with Gasteiger partial charge in [-0.3, -0.25) is 19.7 Å². The van der Waals surface area contributed by atoms with Crippen LogP contribution in [0.1, 0.15) is 40.5 Å². The topological polar surface area (TPSA) is 142 Å². The summed E-state index contributed by atoms with van der Waals surface area (Å²) in [4.78, 5) is 49.1. The first kappa shape index (κ1) is 20.9. The fraction of sp³-hybridized carbons (Fsp3) is 0.750. The molecule has 1 rings (SSSR count). The Bertz CT molecular complexity index is 535. The third kappa shape index (κ3) is 5.42. The second-order valence-electron chi connectivity index (χ2n) is 6.98. The van der Waals surface area contributed by atoms with Crippen LogP contribution in [-0.2, 0) is 14.4 Å². The molecule has 9 heteroatoms. The molecule has 0 spiro atoms. The number of nitrogens with two attached hydrogens (primary N) is 1. The number of hydrogen-bond donors (Lipinski definition) is 4. The van der Waals surface area contributed by atoms with Gasteiger partial charge in [0, 0.05) is 6.54 Å². The average Bonchev–Trinajstić information content (AvgIpc) is 2.99. The molecule has 9 nitrogen and oxygen atoms in total. The Kier molecular flexibility index (Phi) is 7.35. The number of amides is 4. The molecule has 1 fully saturated rings. The minimum atomic E-state index is -1.46. The molecule has 1 heterocycles. The van der Waals surface area contributed by atoms with E-state index in [-0.39, 0.29) is 11.8 Å². The highest BCUT2D eigenvalue weighted by Crippen LogP contribution is 2.20. The van der Waals surface area contributed by atoms with E-state index >= 15 is 0 Å². The summed E-state index contributed by atoms with van der Waals surface area (Å²) in [6, 6.07) is -2.41. The zero-order valence-corrected chi connectivity index (χ0v) is 15.1. The van der Waals surface area contributed by atoms with Crippen LogP contribution in [0.15, 0.2) is 0 Å². The normalized spacial score (nSPS) is 19.6. The van der Waals surface area contributed by atoms with Gasteiger partial charge in [-0.15, -0.1) is 0 Å². The lowest BCUT2D eigenvalue weighted by Gasteiger charge is -2.31. The molecule has 142 valence electrons. The predicted molar refractivity (Wildman–Crippen MR) is 90.5 cm³/mol. The molecule has 0 aromatic heterocycles. The fourth-order valence-corrected chi connectivity index (χ4v) is 2.74. The van der Waals surface area contributed by atoms with Crippen molar-refractivity contribution in [1.82, 2.24) is 15.5 Å². The van der Waals surface area contributed by atoms with Crippen LogP contribution in [-0.4, -0.2) is 58.5 Å². The van der Waals surface area contributed by atoms with Gasteiger partial charge in [-0.2, -0.15) is 0 Å². The van der Waals surface area contributed by atoms with Crippen molar-refractivity contribution in [1.29, 1.82) is 0 Å². The van der Waals surface area contributed by atoms with Crippen molar-refractivity contribution < 1.29 is 24.3 Å². The van der Waals surface area contributed by atoms with Crippen LogP contribution in [0.4, 0.5) is 4.79 Å². The van der Waals surface area contributed by atoms with Gasteiger partial charge in [0.2, 0.25) is 11.8 Å². The van der Waals surface area contributed by atoms with Crippen LogP contribution >= 0.6 is 0 Å². The van der Waals surface area contributed by atoms with E-state index in [4.69, 9.17) is 10.8 Å². The molecule has 1 saturated heterocycles. The monoisotopic (exact) mass is 356 g/mol. The number of carbonyl (C=O) groups excluding carboxylic acids is 3. The number of nitrogens with one attached hydrogen (secondary N) is 2. The van der Waals surface area contributed by atoms with Crippen molar-refractivity contribution in [3.8, 4) is 0 Å². The third-order valence-corrected chi connectivity index (χ3v) is 4.32. The highest BCUT2D eigenvalue weighted by atomic mass is 16.4. The molecule has 0 saturated carbocycles. The number of imide groups is 1. The zero-order valence-electron chi connectivity index (χ0n) is 15.1. The highest BCUT2D eigenvalue weighted by molar-refractivity contribution is 5.98. The van der Waals surface area contributed by atoms with Crippen molar-refractivity contribution in [2.45, 2.75) is 58.7 Å². The molecule has 3 atom stereocenters. The molecular formula is C16H28N4O5. The number of hydrogen-bond acceptors (Lipinski definition) is 5. The molecular weight excluding hydrogens is 328 g/mol. The molecule has 0 aliphatic carbocycles. The fourth-order valence-electron chi connectivity index (χ4n) is 2.74. The molecule has 0 aromatic carbocycles. The Balaban J connectivity index is 2.89. The highest BCUT2D eigenvalue weighted by Gasteiger charge is 2.39. The first-order valence-electron chi connectivity index (χ1n) is 8.46. The number of carboxylic acid groups (broad SMARTS) is 1. The quantitative estimate of drug-likeness (QED) is 0.523. The van der Waals surface area contributed by atoms with Crippen LogP contribution in [0.2, 0.25) is 0 Å². The second-order valence-corrected chi connectivity index (χ2v) is 6.98. The minimum Gasteiger partial charge on any atom is -0.465 e. The summed E-state index contributed by atoms with van der Waals surface area (Å²) in [5.41, 5.74) is 5.83. The van der Waals surface area contributed by atoms with Gasteiger partial charge in [-0.25, -0.2) is 4.79 Å². The first-order valence-corrected chi connectivity index (χ1v) is 8.46. The van der Waals surface area contributed by atoms with E-state index in [0.717, 1.165) is 0 Å². The van der Waals surface area contributed by atoms with Crippen molar-refractivity contribution in [2.75, 3.05) is 6.54 Å². The van der Waals surface area contributed by atoms with Gasteiger partial charge in [-0.05, 0) is 24.7 Å². The van der Waals surface area contributed by atoms with E-state index in [2.05, 4.69) is 5.32 Å². The van der Waals surface area contributed by atoms with Gasteiger partial charge in [0.25, 0.3) is 5.91 Å². The van der Waals surface area contributed by atoms with Crippen LogP contribution in [0.3, 0.4) is 0 Å². The Hall–Kier alpha value is -2.16. The lowest BCUT2D eigenvalue weighted by atomic mass is 9.99. The Morgan fingerprint density at radius 2 is 1.72 bits per heavy atom. The van der Waals surface area contributed by atoms with Gasteiger partial charge in [0.05, 0.1) is 6.04 Å². The largest absolute Gasteiger partial charge is 0.465 e. The van der Waals surface area contributed by atoms with Crippen LogP contribution in [0.25, 0.3) is 0 Å². The number of carbonyl (C=O) groups is 4. The number of rotatable bonds is 6. The molecule has 5 N–H and O–H groups in total. The summed E-state index contributed by atoms with van der Waals surface area (Å²) in [6.07, 6.45) is -0.482. The van der Waals surface area contributed by atoms with E-state index in [1.165, 1.54) is 4.90 Å². The zero-order chi connectivity index (χ0) is 19.3. The molecule has 3 unspecified atom stereocenters. The van der Waals surface area contributed by atoms with Gasteiger partial charge in [0.1, 0.15) is 12.1 Å². The summed E-state index contributed by atoms with van der Waals surface area (Å²) < 4.78 is 0. The minimum absolute atomic E-state index is 0.0798. The molecule has 1 aliphatic rings. The van der Waals surface area contributed by atoms with E-state index < -0.39 is 41.9 Å². The number of likely N-dealkylation sites (tertiary alicyclic amines) is 1. The predicted octanol–water partition coefficient (Wildman–Crippen LogP) is -0.104. The van der Waals surface area contributed by atoms with Gasteiger partial charge in [-0.1, -0.05) is 27.7 Å². The average molecular weight is 356 g/mol. The van der Waals surface area contributed by atoms with Crippen molar-refractivity contribution in [3.05, 3.63) is 0 Å². The molecule has 0 bridgehead atoms. The molecule has 1 aliphatic heterocycles. The van der Waals surface area contributed by atoms with Crippen molar-refractivity contribution in [3.63, 3.8) is 0 Å². The Morgan fingerprint density at radius 1 is 1.12 bits per heavy atom. The summed E-state index contributed by atoms with van der Waals surface area (Å²) in [5, 5.41) is 13.2. The lowest BCUT2D eigenvalue weighted by molar-refractivity contribution is -0.142. The second kappa shape index (κ2) is 8.80. The maximum absolute atomic E-state index is 12.9. The number of nitrogens with zero attached hydrogens (tertiary/aromatic N) is 1. The van der Waals surface area contributed by atoms with Gasteiger partial charge >= 0.3 is 6.09 Å². The Morgan fingerprint density at radius 3 is 2.20 bits per heavy atom. The van der Waals surface area contributed by atoms with Crippen LogP contribution in [0.5, 0.6) is 0 Å². The maximum Gasteiger partial charge on any atom is 0.411 e. The standard InChI is InChI=1S/C16H28N4O5/c1-8(2)11(17)14(22)18-12(9(3)4)15(23)20-7-5-6-10(20)13(21)19-16(24)25/h8-12H,5-7,17H2,1-4H3,(H,18,22)(H,19,21)(H,24,25). The Labute approximate surface area is 147 Å². The van der Waals surface area contributed by atoms with Crippen molar-refractivity contribution in [2.24, 2.45) is 17.6 Å². The summed E-state index contributed by atoms with van der Waals surface area (Å²) in [7, 11) is 0.